The van der Waals surface area contributed by atoms with E-state index in [4.69, 9.17) is 0 Å². The summed E-state index contributed by atoms with van der Waals surface area (Å²) in [5.74, 6) is 0.550. The summed E-state index contributed by atoms with van der Waals surface area (Å²) in [4.78, 5) is 20.4. The Hall–Kier alpha value is -1.53. The average molecular weight is 335 g/mol. The number of amides is 1. The fourth-order valence-corrected chi connectivity index (χ4v) is 3.68. The van der Waals surface area contributed by atoms with Crippen molar-refractivity contribution >= 4 is 34.7 Å². The van der Waals surface area contributed by atoms with Crippen LogP contribution in [0, 0.1) is 6.92 Å². The standard InChI is InChI=1S/C16H21N3OS2/c1-12-10-21-16(17-12)22-11-15(20)19(4)9-13-5-7-14(8-6-13)18(2)3/h5-8,10H,9,11H2,1-4H3. The number of aryl methyl sites for hydroxylation is 1. The molecule has 0 aliphatic heterocycles. The predicted molar refractivity (Wildman–Crippen MR) is 94.8 cm³/mol. The lowest BCUT2D eigenvalue weighted by molar-refractivity contribution is -0.127. The fourth-order valence-electron chi connectivity index (χ4n) is 1.89. The summed E-state index contributed by atoms with van der Waals surface area (Å²) in [5, 5.41) is 2.00. The summed E-state index contributed by atoms with van der Waals surface area (Å²) >= 11 is 3.09. The van der Waals surface area contributed by atoms with Crippen molar-refractivity contribution in [2.75, 3.05) is 31.8 Å². The van der Waals surface area contributed by atoms with Crippen molar-refractivity contribution in [3.05, 3.63) is 40.9 Å². The van der Waals surface area contributed by atoms with Crippen molar-refractivity contribution in [2.45, 2.75) is 17.8 Å². The van der Waals surface area contributed by atoms with Crippen LogP contribution in [0.25, 0.3) is 0 Å². The minimum absolute atomic E-state index is 0.120. The van der Waals surface area contributed by atoms with Crippen molar-refractivity contribution in [1.29, 1.82) is 0 Å². The predicted octanol–water partition coefficient (Wildman–Crippen LogP) is 3.27. The lowest BCUT2D eigenvalue weighted by Gasteiger charge is -2.18. The van der Waals surface area contributed by atoms with E-state index in [1.54, 1.807) is 16.2 Å². The van der Waals surface area contributed by atoms with E-state index in [0.717, 1.165) is 21.3 Å². The number of nitrogens with zero attached hydrogens (tertiary/aromatic N) is 3. The number of hydrogen-bond acceptors (Lipinski definition) is 5. The van der Waals surface area contributed by atoms with Gasteiger partial charge >= 0.3 is 0 Å². The molecule has 1 aromatic heterocycles. The molecule has 118 valence electrons. The van der Waals surface area contributed by atoms with E-state index in [-0.39, 0.29) is 5.91 Å². The molecule has 1 heterocycles. The van der Waals surface area contributed by atoms with E-state index in [2.05, 4.69) is 34.1 Å². The van der Waals surface area contributed by atoms with Gasteiger partial charge in [-0.15, -0.1) is 11.3 Å². The highest BCUT2D eigenvalue weighted by Gasteiger charge is 2.11. The van der Waals surface area contributed by atoms with Crippen molar-refractivity contribution < 1.29 is 4.79 Å². The minimum Gasteiger partial charge on any atom is -0.378 e. The zero-order valence-electron chi connectivity index (χ0n) is 13.4. The zero-order chi connectivity index (χ0) is 16.1. The molecule has 6 heteroatoms. The van der Waals surface area contributed by atoms with Gasteiger partial charge in [0.25, 0.3) is 0 Å². The van der Waals surface area contributed by atoms with Gasteiger partial charge in [0.2, 0.25) is 5.91 Å². The summed E-state index contributed by atoms with van der Waals surface area (Å²) < 4.78 is 0.953. The van der Waals surface area contributed by atoms with Crippen molar-refractivity contribution in [3.8, 4) is 0 Å². The maximum Gasteiger partial charge on any atom is 0.233 e. The number of anilines is 1. The Morgan fingerprint density at radius 2 is 1.91 bits per heavy atom. The molecule has 0 atom stereocenters. The number of rotatable bonds is 6. The fraction of sp³-hybridized carbons (Fsp3) is 0.375. The Labute approximate surface area is 140 Å². The average Bonchev–Trinajstić information content (AvgIpc) is 2.91. The highest BCUT2D eigenvalue weighted by Crippen LogP contribution is 2.22. The lowest BCUT2D eigenvalue weighted by Crippen LogP contribution is -2.27. The topological polar surface area (TPSA) is 36.4 Å². The van der Waals surface area contributed by atoms with E-state index >= 15 is 0 Å². The SMILES string of the molecule is Cc1csc(SCC(=O)N(C)Cc2ccc(N(C)C)cc2)n1. The third-order valence-electron chi connectivity index (χ3n) is 3.22. The molecule has 0 N–H and O–H groups in total. The first kappa shape index (κ1) is 16.8. The molecule has 0 aliphatic rings. The van der Waals surface area contributed by atoms with Gasteiger partial charge in [-0.25, -0.2) is 4.98 Å². The molecule has 22 heavy (non-hydrogen) atoms. The van der Waals surface area contributed by atoms with Crippen molar-refractivity contribution in [3.63, 3.8) is 0 Å². The van der Waals surface area contributed by atoms with Crippen LogP contribution in [0.4, 0.5) is 5.69 Å². The van der Waals surface area contributed by atoms with Gasteiger partial charge in [0.15, 0.2) is 4.34 Å². The Morgan fingerprint density at radius 1 is 1.23 bits per heavy atom. The van der Waals surface area contributed by atoms with Crippen LogP contribution in [0.5, 0.6) is 0 Å². The monoisotopic (exact) mass is 335 g/mol. The smallest absolute Gasteiger partial charge is 0.233 e. The molecule has 0 fully saturated rings. The Balaban J connectivity index is 1.85. The maximum atomic E-state index is 12.2. The second-order valence-corrected chi connectivity index (χ2v) is 7.43. The van der Waals surface area contributed by atoms with Gasteiger partial charge in [-0.1, -0.05) is 23.9 Å². The third kappa shape index (κ3) is 4.74. The summed E-state index contributed by atoms with van der Waals surface area (Å²) in [6, 6.07) is 8.27. The van der Waals surface area contributed by atoms with Crippen LogP contribution in [0.2, 0.25) is 0 Å². The molecule has 0 saturated carbocycles. The van der Waals surface area contributed by atoms with Crippen LogP contribution in [-0.4, -0.2) is 42.7 Å². The van der Waals surface area contributed by atoms with E-state index in [1.807, 2.05) is 33.4 Å². The minimum atomic E-state index is 0.120. The zero-order valence-corrected chi connectivity index (χ0v) is 15.0. The molecule has 2 rings (SSSR count). The third-order valence-corrected chi connectivity index (χ3v) is 5.34. The quantitative estimate of drug-likeness (QED) is 0.759. The second-order valence-electron chi connectivity index (χ2n) is 5.35. The van der Waals surface area contributed by atoms with E-state index in [0.29, 0.717) is 12.3 Å². The van der Waals surface area contributed by atoms with Gasteiger partial charge in [0.1, 0.15) is 0 Å². The number of thiazole rings is 1. The van der Waals surface area contributed by atoms with Crippen LogP contribution >= 0.6 is 23.1 Å². The number of carbonyl (C=O) groups is 1. The molecule has 2 aromatic rings. The van der Waals surface area contributed by atoms with Gasteiger partial charge in [-0.05, 0) is 24.6 Å². The molecule has 1 amide bonds. The molecule has 1 aromatic carbocycles. The normalized spacial score (nSPS) is 10.5. The Bertz CT molecular complexity index is 623. The molecule has 0 aliphatic carbocycles. The van der Waals surface area contributed by atoms with Gasteiger partial charge in [0, 0.05) is 44.4 Å². The molecule has 0 radical (unpaired) electrons. The van der Waals surface area contributed by atoms with Crippen LogP contribution in [0.1, 0.15) is 11.3 Å². The summed E-state index contributed by atoms with van der Waals surface area (Å²) in [6.45, 7) is 2.59. The largest absolute Gasteiger partial charge is 0.378 e. The molecular formula is C16H21N3OS2. The van der Waals surface area contributed by atoms with Gasteiger partial charge in [0.05, 0.1) is 5.75 Å². The first-order valence-corrected chi connectivity index (χ1v) is 8.87. The number of benzene rings is 1. The van der Waals surface area contributed by atoms with Crippen LogP contribution < -0.4 is 4.90 Å². The van der Waals surface area contributed by atoms with Crippen LogP contribution in [0.3, 0.4) is 0 Å². The molecule has 0 saturated heterocycles. The van der Waals surface area contributed by atoms with E-state index in [1.165, 1.54) is 11.8 Å². The molecule has 4 nitrogen and oxygen atoms in total. The highest BCUT2D eigenvalue weighted by molar-refractivity contribution is 8.01. The highest BCUT2D eigenvalue weighted by atomic mass is 32.2. The second kappa shape index (κ2) is 7.65. The first-order valence-electron chi connectivity index (χ1n) is 7.01. The Kier molecular flexibility index (Phi) is 5.85. The van der Waals surface area contributed by atoms with E-state index < -0.39 is 0 Å². The molecule has 0 unspecified atom stereocenters. The summed E-state index contributed by atoms with van der Waals surface area (Å²) in [5.41, 5.74) is 3.30. The number of aromatic nitrogens is 1. The lowest BCUT2D eigenvalue weighted by atomic mass is 10.2. The maximum absolute atomic E-state index is 12.2. The van der Waals surface area contributed by atoms with Crippen LogP contribution in [0.15, 0.2) is 34.0 Å². The van der Waals surface area contributed by atoms with Gasteiger partial charge in [-0.2, -0.15) is 0 Å². The van der Waals surface area contributed by atoms with Crippen molar-refractivity contribution in [2.24, 2.45) is 0 Å². The number of thioether (sulfide) groups is 1. The number of carbonyl (C=O) groups excluding carboxylic acids is 1. The van der Waals surface area contributed by atoms with Crippen LogP contribution in [-0.2, 0) is 11.3 Å². The summed E-state index contributed by atoms with van der Waals surface area (Å²) in [7, 11) is 5.88. The molecule has 0 spiro atoms. The van der Waals surface area contributed by atoms with Crippen molar-refractivity contribution in [1.82, 2.24) is 9.88 Å². The first-order chi connectivity index (χ1) is 10.5. The molecular weight excluding hydrogens is 314 g/mol. The van der Waals surface area contributed by atoms with Gasteiger partial charge < -0.3 is 9.80 Å². The van der Waals surface area contributed by atoms with E-state index in [9.17, 15) is 4.79 Å². The summed E-state index contributed by atoms with van der Waals surface area (Å²) in [6.07, 6.45) is 0. The van der Waals surface area contributed by atoms with Gasteiger partial charge in [-0.3, -0.25) is 4.79 Å². The Morgan fingerprint density at radius 3 is 2.45 bits per heavy atom. The molecule has 0 bridgehead atoms. The number of hydrogen-bond donors (Lipinski definition) is 0.